The van der Waals surface area contributed by atoms with E-state index in [1.165, 1.54) is 4.68 Å². The van der Waals surface area contributed by atoms with Gasteiger partial charge in [0.15, 0.2) is 0 Å². The van der Waals surface area contributed by atoms with Gasteiger partial charge in [0.1, 0.15) is 5.82 Å². The van der Waals surface area contributed by atoms with Crippen LogP contribution in [0.3, 0.4) is 0 Å². The van der Waals surface area contributed by atoms with E-state index >= 15 is 0 Å². The van der Waals surface area contributed by atoms with Crippen LogP contribution in [0.1, 0.15) is 19.2 Å². The Labute approximate surface area is 70.2 Å². The molecule has 0 spiro atoms. The molecule has 62 valence electrons. The van der Waals surface area contributed by atoms with Crippen molar-refractivity contribution in [3.8, 4) is 0 Å². The van der Waals surface area contributed by atoms with E-state index in [1.54, 1.807) is 11.8 Å². The predicted molar refractivity (Wildman–Crippen MR) is 45.9 cm³/mol. The molecule has 11 heavy (non-hydrogen) atoms. The lowest BCUT2D eigenvalue weighted by atomic mass is 10.6. The summed E-state index contributed by atoms with van der Waals surface area (Å²) in [6.07, 6.45) is 1.12. The van der Waals surface area contributed by atoms with E-state index in [1.807, 2.05) is 6.92 Å². The lowest BCUT2D eigenvalue weighted by Crippen LogP contribution is -2.11. The van der Waals surface area contributed by atoms with Gasteiger partial charge in [0, 0.05) is 5.75 Å². The van der Waals surface area contributed by atoms with Crippen LogP contribution in [0.25, 0.3) is 0 Å². The molecule has 0 saturated heterocycles. The van der Waals surface area contributed by atoms with E-state index in [0.717, 1.165) is 23.2 Å². The van der Waals surface area contributed by atoms with Gasteiger partial charge in [-0.05, 0) is 13.3 Å². The number of nitrogens with two attached hydrogens (primary N) is 1. The van der Waals surface area contributed by atoms with E-state index in [9.17, 15) is 0 Å². The van der Waals surface area contributed by atoms with Crippen LogP contribution >= 0.6 is 11.8 Å². The van der Waals surface area contributed by atoms with Crippen LogP contribution in [0.5, 0.6) is 0 Å². The maximum atomic E-state index is 5.61. The molecule has 5 heteroatoms. The molecule has 0 aliphatic carbocycles. The molecule has 0 aliphatic heterocycles. The fourth-order valence-electron chi connectivity index (χ4n) is 0.642. The maximum absolute atomic E-state index is 5.61. The van der Waals surface area contributed by atoms with Crippen molar-refractivity contribution in [3.05, 3.63) is 5.82 Å². The second-order valence-corrected chi connectivity index (χ2v) is 3.31. The van der Waals surface area contributed by atoms with Crippen LogP contribution in [0.2, 0.25) is 0 Å². The highest BCUT2D eigenvalue weighted by Gasteiger charge is 2.04. The molecule has 0 aliphatic rings. The first kappa shape index (κ1) is 8.39. The van der Waals surface area contributed by atoms with Gasteiger partial charge < -0.3 is 5.84 Å². The van der Waals surface area contributed by atoms with E-state index in [2.05, 4.69) is 17.1 Å². The number of rotatable bonds is 3. The minimum atomic E-state index is 0.753. The number of nitrogens with zero attached hydrogens (tertiary/aromatic N) is 3. The van der Waals surface area contributed by atoms with Gasteiger partial charge in [-0.1, -0.05) is 18.7 Å². The standard InChI is InChI=1S/C6H12N4S/c1-3-4-11-6-9-8-5(2)10(6)7/h3-4,7H2,1-2H3. The smallest absolute Gasteiger partial charge is 0.209 e. The third kappa shape index (κ3) is 1.86. The number of hydrogen-bond acceptors (Lipinski definition) is 4. The average Bonchev–Trinajstić information content (AvgIpc) is 2.31. The van der Waals surface area contributed by atoms with E-state index < -0.39 is 0 Å². The van der Waals surface area contributed by atoms with Crippen molar-refractivity contribution in [1.82, 2.24) is 14.9 Å². The Morgan fingerprint density at radius 2 is 2.27 bits per heavy atom. The molecule has 0 fully saturated rings. The van der Waals surface area contributed by atoms with Gasteiger partial charge in [0.05, 0.1) is 0 Å². The Balaban J connectivity index is 2.63. The summed E-state index contributed by atoms with van der Waals surface area (Å²) in [5.41, 5.74) is 0. The zero-order chi connectivity index (χ0) is 8.27. The quantitative estimate of drug-likeness (QED) is 0.541. The summed E-state index contributed by atoms with van der Waals surface area (Å²) in [7, 11) is 0. The van der Waals surface area contributed by atoms with Gasteiger partial charge >= 0.3 is 0 Å². The summed E-state index contributed by atoms with van der Waals surface area (Å²) in [4.78, 5) is 0. The number of hydrogen-bond donors (Lipinski definition) is 1. The van der Waals surface area contributed by atoms with Crippen molar-refractivity contribution in [2.24, 2.45) is 0 Å². The predicted octanol–water partition coefficient (Wildman–Crippen LogP) is 0.802. The molecule has 0 unspecified atom stereocenters. The fraction of sp³-hybridized carbons (Fsp3) is 0.667. The Morgan fingerprint density at radius 3 is 2.73 bits per heavy atom. The Morgan fingerprint density at radius 1 is 1.55 bits per heavy atom. The molecule has 0 atom stereocenters. The monoisotopic (exact) mass is 172 g/mol. The van der Waals surface area contributed by atoms with Crippen LogP contribution in [0.15, 0.2) is 5.16 Å². The van der Waals surface area contributed by atoms with E-state index in [4.69, 9.17) is 5.84 Å². The molecule has 1 rings (SSSR count). The first-order valence-electron chi connectivity index (χ1n) is 3.55. The highest BCUT2D eigenvalue weighted by atomic mass is 32.2. The number of aryl methyl sites for hydroxylation is 1. The molecular formula is C6H12N4S. The maximum Gasteiger partial charge on any atom is 0.209 e. The number of nitrogen functional groups attached to an aromatic ring is 1. The fourth-order valence-corrected chi connectivity index (χ4v) is 1.40. The Kier molecular flexibility index (Phi) is 2.76. The SMILES string of the molecule is CCCSc1nnc(C)n1N. The van der Waals surface area contributed by atoms with Crippen molar-refractivity contribution < 1.29 is 0 Å². The highest BCUT2D eigenvalue weighted by Crippen LogP contribution is 2.14. The van der Waals surface area contributed by atoms with Gasteiger partial charge in [0.25, 0.3) is 0 Å². The lowest BCUT2D eigenvalue weighted by Gasteiger charge is -1.98. The molecule has 4 nitrogen and oxygen atoms in total. The van der Waals surface area contributed by atoms with Crippen LogP contribution in [0, 0.1) is 6.92 Å². The summed E-state index contributed by atoms with van der Waals surface area (Å²) in [5.74, 6) is 7.40. The van der Waals surface area contributed by atoms with Gasteiger partial charge in [-0.25, -0.2) is 4.68 Å². The molecule has 0 radical (unpaired) electrons. The molecule has 0 aromatic carbocycles. The highest BCUT2D eigenvalue weighted by molar-refractivity contribution is 7.99. The summed E-state index contributed by atoms with van der Waals surface area (Å²) in [6.45, 7) is 3.96. The van der Waals surface area contributed by atoms with Crippen LogP contribution in [0.4, 0.5) is 0 Å². The largest absolute Gasteiger partial charge is 0.336 e. The van der Waals surface area contributed by atoms with Crippen molar-refractivity contribution in [3.63, 3.8) is 0 Å². The van der Waals surface area contributed by atoms with Crippen molar-refractivity contribution in [1.29, 1.82) is 0 Å². The van der Waals surface area contributed by atoms with Crippen LogP contribution in [-0.2, 0) is 0 Å². The molecule has 2 N–H and O–H groups in total. The molecular weight excluding hydrogens is 160 g/mol. The second kappa shape index (κ2) is 3.61. The summed E-state index contributed by atoms with van der Waals surface area (Å²) < 4.78 is 1.51. The minimum Gasteiger partial charge on any atom is -0.336 e. The Hall–Kier alpha value is -0.710. The van der Waals surface area contributed by atoms with Gasteiger partial charge in [-0.2, -0.15) is 0 Å². The summed E-state index contributed by atoms with van der Waals surface area (Å²) in [6, 6.07) is 0. The third-order valence-corrected chi connectivity index (χ3v) is 2.42. The van der Waals surface area contributed by atoms with Crippen molar-refractivity contribution in [2.45, 2.75) is 25.4 Å². The van der Waals surface area contributed by atoms with Crippen LogP contribution in [-0.4, -0.2) is 20.6 Å². The normalized spacial score (nSPS) is 10.4. The average molecular weight is 172 g/mol. The first-order valence-corrected chi connectivity index (χ1v) is 4.54. The van der Waals surface area contributed by atoms with Crippen molar-refractivity contribution in [2.75, 3.05) is 11.6 Å². The molecule has 0 amide bonds. The Bertz CT molecular complexity index is 232. The first-order chi connectivity index (χ1) is 5.25. The van der Waals surface area contributed by atoms with Crippen LogP contribution < -0.4 is 5.84 Å². The van der Waals surface area contributed by atoms with Gasteiger partial charge in [-0.3, -0.25) is 0 Å². The topological polar surface area (TPSA) is 56.7 Å². The van der Waals surface area contributed by atoms with E-state index in [0.29, 0.717) is 0 Å². The third-order valence-electron chi connectivity index (χ3n) is 1.27. The molecule has 0 bridgehead atoms. The second-order valence-electron chi connectivity index (χ2n) is 2.25. The lowest BCUT2D eigenvalue weighted by molar-refractivity contribution is 0.824. The van der Waals surface area contributed by atoms with Gasteiger partial charge in [-0.15, -0.1) is 10.2 Å². The summed E-state index contributed by atoms with van der Waals surface area (Å²) >= 11 is 1.63. The number of aromatic nitrogens is 3. The summed E-state index contributed by atoms with van der Waals surface area (Å²) in [5, 5.41) is 8.54. The molecule has 1 aromatic heterocycles. The number of thioether (sulfide) groups is 1. The van der Waals surface area contributed by atoms with Crippen molar-refractivity contribution >= 4 is 11.8 Å². The van der Waals surface area contributed by atoms with Gasteiger partial charge in [0.2, 0.25) is 5.16 Å². The molecule has 1 aromatic rings. The zero-order valence-corrected chi connectivity index (χ0v) is 7.56. The zero-order valence-electron chi connectivity index (χ0n) is 6.74. The minimum absolute atomic E-state index is 0.753. The van der Waals surface area contributed by atoms with E-state index in [-0.39, 0.29) is 0 Å². The molecule has 0 saturated carbocycles. The molecule has 1 heterocycles.